The number of alkyl halides is 3. The Bertz CT molecular complexity index is 1220. The van der Waals surface area contributed by atoms with Gasteiger partial charge in [-0.3, -0.25) is 9.59 Å². The topological polar surface area (TPSA) is 78.1 Å². The molecule has 0 aliphatic rings. The van der Waals surface area contributed by atoms with E-state index in [-0.39, 0.29) is 17.0 Å². The lowest BCUT2D eigenvalue weighted by molar-refractivity contribution is -0.136. The maximum absolute atomic E-state index is 13.5. The number of aryl methyl sites for hydroxylation is 2. The number of carbonyl (C=O) groups is 1. The summed E-state index contributed by atoms with van der Waals surface area (Å²) in [4.78, 5) is 35.3. The van der Waals surface area contributed by atoms with Gasteiger partial charge < -0.3 is 15.2 Å². The average molecular weight is 485 g/mol. The molecule has 6 nitrogen and oxygen atoms in total. The van der Waals surface area contributed by atoms with Crippen molar-refractivity contribution in [1.29, 1.82) is 0 Å². The first-order chi connectivity index (χ1) is 14.9. The molecule has 0 aliphatic heterocycles. The molecule has 0 aliphatic carbocycles. The highest BCUT2D eigenvalue weighted by molar-refractivity contribution is 7.99. The standard InChI is InChI=1S/C21H23F3N4O2S2/c1-10-11(2)32-20-17(10)19(30)26-16(27-20)9-31-12(3)18(29)25-15-7-6-13(28(4)5)8-14(15)21(22,23)24/h6-8,12H,9H2,1-5H3,(H,25,29)(H,26,27,30). The number of carbonyl (C=O) groups excluding carboxylic acids is 1. The van der Waals surface area contributed by atoms with Crippen molar-refractivity contribution in [3.05, 3.63) is 50.4 Å². The van der Waals surface area contributed by atoms with E-state index in [0.29, 0.717) is 21.7 Å². The van der Waals surface area contributed by atoms with Crippen LogP contribution in [0.3, 0.4) is 0 Å². The SMILES string of the molecule is Cc1sc2nc(CSC(C)C(=O)Nc3ccc(N(C)C)cc3C(F)(F)F)[nH]c(=O)c2c1C. The van der Waals surface area contributed by atoms with Gasteiger partial charge in [-0.15, -0.1) is 23.1 Å². The molecular formula is C21H23F3N4O2S2. The van der Waals surface area contributed by atoms with Crippen LogP contribution in [0, 0.1) is 13.8 Å². The number of nitrogens with one attached hydrogen (secondary N) is 2. The minimum Gasteiger partial charge on any atom is -0.378 e. The Labute approximate surface area is 191 Å². The number of rotatable bonds is 6. The normalized spacial score (nSPS) is 12.8. The first kappa shape index (κ1) is 24.1. The van der Waals surface area contributed by atoms with Crippen LogP contribution in [0.25, 0.3) is 10.2 Å². The van der Waals surface area contributed by atoms with Gasteiger partial charge in [0.15, 0.2) is 0 Å². The van der Waals surface area contributed by atoms with Crippen molar-refractivity contribution < 1.29 is 18.0 Å². The van der Waals surface area contributed by atoms with Gasteiger partial charge in [0.1, 0.15) is 10.7 Å². The number of thiophene rings is 1. The van der Waals surface area contributed by atoms with Gasteiger partial charge in [-0.1, -0.05) is 0 Å². The fraction of sp³-hybridized carbons (Fsp3) is 0.381. The van der Waals surface area contributed by atoms with E-state index in [2.05, 4.69) is 15.3 Å². The number of benzene rings is 1. The molecule has 2 heterocycles. The zero-order chi connectivity index (χ0) is 23.8. The Morgan fingerprint density at radius 2 is 2.00 bits per heavy atom. The first-order valence-electron chi connectivity index (χ1n) is 9.68. The quantitative estimate of drug-likeness (QED) is 0.518. The maximum Gasteiger partial charge on any atom is 0.418 e. The number of hydrogen-bond acceptors (Lipinski definition) is 6. The van der Waals surface area contributed by atoms with Crippen molar-refractivity contribution in [2.45, 2.75) is 38.0 Å². The number of amides is 1. The van der Waals surface area contributed by atoms with Crippen LogP contribution in [0.2, 0.25) is 0 Å². The van der Waals surface area contributed by atoms with Gasteiger partial charge in [0, 0.05) is 24.7 Å². The predicted molar refractivity (Wildman–Crippen MR) is 125 cm³/mol. The number of H-pyrrole nitrogens is 1. The maximum atomic E-state index is 13.5. The van der Waals surface area contributed by atoms with E-state index >= 15 is 0 Å². The molecule has 0 bridgehead atoms. The Morgan fingerprint density at radius 3 is 2.62 bits per heavy atom. The molecule has 0 saturated heterocycles. The van der Waals surface area contributed by atoms with Crippen LogP contribution in [-0.2, 0) is 16.7 Å². The summed E-state index contributed by atoms with van der Waals surface area (Å²) in [7, 11) is 3.28. The summed E-state index contributed by atoms with van der Waals surface area (Å²) in [6.45, 7) is 5.38. The van der Waals surface area contributed by atoms with Gasteiger partial charge in [-0.2, -0.15) is 13.2 Å². The molecule has 11 heteroatoms. The van der Waals surface area contributed by atoms with Crippen LogP contribution in [-0.4, -0.2) is 35.2 Å². The average Bonchev–Trinajstić information content (AvgIpc) is 2.99. The lowest BCUT2D eigenvalue weighted by Gasteiger charge is -2.19. The molecule has 1 unspecified atom stereocenters. The Hall–Kier alpha value is -2.53. The second kappa shape index (κ2) is 9.14. The molecule has 1 amide bonds. The lowest BCUT2D eigenvalue weighted by atomic mass is 10.1. The van der Waals surface area contributed by atoms with Crippen LogP contribution in [0.15, 0.2) is 23.0 Å². The van der Waals surface area contributed by atoms with Crippen LogP contribution in [0.5, 0.6) is 0 Å². The predicted octanol–water partition coefficient (Wildman–Crippen LogP) is 4.95. The molecular weight excluding hydrogens is 461 g/mol. The van der Waals surface area contributed by atoms with E-state index in [9.17, 15) is 22.8 Å². The van der Waals surface area contributed by atoms with Crippen LogP contribution in [0.4, 0.5) is 24.5 Å². The third-order valence-electron chi connectivity index (χ3n) is 5.01. The van der Waals surface area contributed by atoms with Crippen LogP contribution >= 0.6 is 23.1 Å². The molecule has 1 aromatic carbocycles. The third-order valence-corrected chi connectivity index (χ3v) is 7.27. The van der Waals surface area contributed by atoms with Crippen molar-refractivity contribution in [3.63, 3.8) is 0 Å². The third kappa shape index (κ3) is 5.09. The Balaban J connectivity index is 1.73. The number of hydrogen-bond donors (Lipinski definition) is 2. The minimum atomic E-state index is -4.61. The van der Waals surface area contributed by atoms with E-state index in [4.69, 9.17) is 0 Å². The molecule has 0 radical (unpaired) electrons. The molecule has 172 valence electrons. The van der Waals surface area contributed by atoms with Gasteiger partial charge in [-0.05, 0) is 44.5 Å². The first-order valence-corrected chi connectivity index (χ1v) is 11.5. The van der Waals surface area contributed by atoms with E-state index < -0.39 is 22.9 Å². The van der Waals surface area contributed by atoms with E-state index in [1.165, 1.54) is 35.2 Å². The van der Waals surface area contributed by atoms with Gasteiger partial charge in [0.2, 0.25) is 5.91 Å². The second-order valence-corrected chi connectivity index (χ2v) is 10.1. The summed E-state index contributed by atoms with van der Waals surface area (Å²) in [5, 5.41) is 2.28. The number of anilines is 2. The number of aromatic nitrogens is 2. The van der Waals surface area contributed by atoms with Gasteiger partial charge in [0.05, 0.1) is 27.6 Å². The van der Waals surface area contributed by atoms with Crippen molar-refractivity contribution in [2.75, 3.05) is 24.3 Å². The summed E-state index contributed by atoms with van der Waals surface area (Å²) >= 11 is 2.60. The fourth-order valence-electron chi connectivity index (χ4n) is 3.04. The highest BCUT2D eigenvalue weighted by Gasteiger charge is 2.34. The van der Waals surface area contributed by atoms with Gasteiger partial charge in [0.25, 0.3) is 5.56 Å². The number of halogens is 3. The van der Waals surface area contributed by atoms with Crippen molar-refractivity contribution in [2.24, 2.45) is 0 Å². The van der Waals surface area contributed by atoms with Gasteiger partial charge in [-0.25, -0.2) is 4.98 Å². The zero-order valence-electron chi connectivity index (χ0n) is 18.2. The molecule has 32 heavy (non-hydrogen) atoms. The summed E-state index contributed by atoms with van der Waals surface area (Å²) in [6, 6.07) is 3.77. The largest absolute Gasteiger partial charge is 0.418 e. The summed E-state index contributed by atoms with van der Waals surface area (Å²) in [5.41, 5.74) is -0.166. The molecule has 0 saturated carbocycles. The summed E-state index contributed by atoms with van der Waals surface area (Å²) in [6.07, 6.45) is -4.61. The summed E-state index contributed by atoms with van der Waals surface area (Å²) < 4.78 is 40.5. The molecule has 3 aromatic rings. The number of nitrogens with zero attached hydrogens (tertiary/aromatic N) is 2. The second-order valence-electron chi connectivity index (χ2n) is 7.54. The smallest absolute Gasteiger partial charge is 0.378 e. The van der Waals surface area contributed by atoms with E-state index in [0.717, 1.165) is 16.5 Å². The molecule has 0 spiro atoms. The number of aromatic amines is 1. The highest BCUT2D eigenvalue weighted by Crippen LogP contribution is 2.37. The molecule has 2 aromatic heterocycles. The number of fused-ring (bicyclic) bond motifs is 1. The Morgan fingerprint density at radius 1 is 1.31 bits per heavy atom. The van der Waals surface area contributed by atoms with E-state index in [1.54, 1.807) is 25.9 Å². The number of thioether (sulfide) groups is 1. The lowest BCUT2D eigenvalue weighted by Crippen LogP contribution is -2.25. The highest BCUT2D eigenvalue weighted by atomic mass is 32.2. The van der Waals surface area contributed by atoms with Crippen LogP contribution < -0.4 is 15.8 Å². The van der Waals surface area contributed by atoms with Gasteiger partial charge >= 0.3 is 6.18 Å². The fourth-order valence-corrected chi connectivity index (χ4v) is 4.84. The molecule has 3 rings (SSSR count). The zero-order valence-corrected chi connectivity index (χ0v) is 19.8. The molecule has 2 N–H and O–H groups in total. The van der Waals surface area contributed by atoms with Crippen LogP contribution in [0.1, 0.15) is 28.8 Å². The molecule has 1 atom stereocenters. The molecule has 0 fully saturated rings. The Kier molecular flexibility index (Phi) is 6.89. The summed E-state index contributed by atoms with van der Waals surface area (Å²) in [5.74, 6) is 0.0885. The minimum absolute atomic E-state index is 0.236. The monoisotopic (exact) mass is 484 g/mol. The van der Waals surface area contributed by atoms with Crippen molar-refractivity contribution in [3.8, 4) is 0 Å². The van der Waals surface area contributed by atoms with E-state index in [1.807, 2.05) is 13.8 Å². The van der Waals surface area contributed by atoms with Crippen molar-refractivity contribution >= 4 is 50.6 Å². The van der Waals surface area contributed by atoms with Crippen molar-refractivity contribution in [1.82, 2.24) is 9.97 Å².